The van der Waals surface area contributed by atoms with Crippen molar-refractivity contribution >= 4 is 0 Å². The Morgan fingerprint density at radius 2 is 2.33 bits per heavy atom. The molecule has 0 aromatic heterocycles. The van der Waals surface area contributed by atoms with E-state index in [0.717, 1.165) is 32.5 Å². The summed E-state index contributed by atoms with van der Waals surface area (Å²) in [5.41, 5.74) is 0. The molecule has 0 aromatic rings. The Morgan fingerprint density at radius 1 is 1.50 bits per heavy atom. The lowest BCUT2D eigenvalue weighted by Crippen LogP contribution is -2.12. The molecule has 12 heavy (non-hydrogen) atoms. The Hall–Kier alpha value is -0.590. The van der Waals surface area contributed by atoms with Gasteiger partial charge in [0.1, 0.15) is 6.10 Å². The lowest BCUT2D eigenvalue weighted by atomic mass is 10.1. The van der Waals surface area contributed by atoms with Crippen molar-refractivity contribution in [3.63, 3.8) is 0 Å². The number of hydrogen-bond acceptors (Lipinski definition) is 3. The molecule has 1 aliphatic heterocycles. The highest BCUT2D eigenvalue weighted by molar-refractivity contribution is 4.90. The summed E-state index contributed by atoms with van der Waals surface area (Å²) in [7, 11) is 0. The highest BCUT2D eigenvalue weighted by atomic mass is 16.6. The molecule has 2 rings (SSSR count). The van der Waals surface area contributed by atoms with Crippen LogP contribution in [0.25, 0.3) is 0 Å². The van der Waals surface area contributed by atoms with Crippen LogP contribution in [0, 0.1) is 17.2 Å². The molecule has 3 nitrogen and oxygen atoms in total. The first-order chi connectivity index (χ1) is 5.88. The van der Waals surface area contributed by atoms with Crippen molar-refractivity contribution in [1.82, 2.24) is 0 Å². The molecular formula is C9H13NO2. The van der Waals surface area contributed by atoms with Crippen molar-refractivity contribution in [1.29, 1.82) is 5.26 Å². The molecule has 2 aliphatic rings. The van der Waals surface area contributed by atoms with Gasteiger partial charge in [0.25, 0.3) is 0 Å². The standard InChI is InChI=1S/C9H13NO2/c10-4-7-1-2-8(3-7)11-5-9-6-12-9/h7-9H,1-3,5-6H2. The summed E-state index contributed by atoms with van der Waals surface area (Å²) in [5.74, 6) is 0.232. The van der Waals surface area contributed by atoms with Crippen LogP contribution >= 0.6 is 0 Å². The van der Waals surface area contributed by atoms with E-state index in [-0.39, 0.29) is 5.92 Å². The first kappa shape index (κ1) is 8.03. The summed E-state index contributed by atoms with van der Waals surface area (Å²) >= 11 is 0. The van der Waals surface area contributed by atoms with Gasteiger partial charge in [-0.15, -0.1) is 0 Å². The van der Waals surface area contributed by atoms with Gasteiger partial charge in [-0.05, 0) is 19.3 Å². The normalized spacial score (nSPS) is 39.4. The van der Waals surface area contributed by atoms with E-state index in [9.17, 15) is 0 Å². The SMILES string of the molecule is N#CC1CCC(OCC2CO2)C1. The molecule has 0 spiro atoms. The number of nitrogens with zero attached hydrogens (tertiary/aromatic N) is 1. The van der Waals surface area contributed by atoms with Gasteiger partial charge in [0.05, 0.1) is 25.4 Å². The van der Waals surface area contributed by atoms with E-state index < -0.39 is 0 Å². The lowest BCUT2D eigenvalue weighted by molar-refractivity contribution is 0.0461. The van der Waals surface area contributed by atoms with Gasteiger partial charge in [0.2, 0.25) is 0 Å². The van der Waals surface area contributed by atoms with Crippen LogP contribution in [0.3, 0.4) is 0 Å². The van der Waals surface area contributed by atoms with Gasteiger partial charge >= 0.3 is 0 Å². The molecule has 0 N–H and O–H groups in total. The molecule has 66 valence electrons. The lowest BCUT2D eigenvalue weighted by Gasteiger charge is -2.08. The average molecular weight is 167 g/mol. The van der Waals surface area contributed by atoms with Crippen molar-refractivity contribution in [3.8, 4) is 6.07 Å². The Kier molecular flexibility index (Phi) is 2.29. The van der Waals surface area contributed by atoms with E-state index in [1.807, 2.05) is 0 Å². The summed E-state index contributed by atoms with van der Waals surface area (Å²) < 4.78 is 10.6. The highest BCUT2D eigenvalue weighted by Crippen LogP contribution is 2.27. The van der Waals surface area contributed by atoms with Crippen molar-refractivity contribution in [2.45, 2.75) is 31.5 Å². The van der Waals surface area contributed by atoms with Crippen LogP contribution in [0.4, 0.5) is 0 Å². The Morgan fingerprint density at radius 3 is 2.92 bits per heavy atom. The number of epoxide rings is 1. The molecule has 3 unspecified atom stereocenters. The third kappa shape index (κ3) is 1.96. The minimum atomic E-state index is 0.232. The van der Waals surface area contributed by atoms with Gasteiger partial charge in [0.15, 0.2) is 0 Å². The van der Waals surface area contributed by atoms with E-state index >= 15 is 0 Å². The third-order valence-corrected chi connectivity index (χ3v) is 2.49. The Bertz CT molecular complexity index is 195. The van der Waals surface area contributed by atoms with Crippen molar-refractivity contribution in [2.24, 2.45) is 5.92 Å². The van der Waals surface area contributed by atoms with Gasteiger partial charge < -0.3 is 9.47 Å². The molecular weight excluding hydrogens is 154 g/mol. The first-order valence-corrected chi connectivity index (χ1v) is 4.51. The van der Waals surface area contributed by atoms with Crippen LogP contribution in [0.15, 0.2) is 0 Å². The van der Waals surface area contributed by atoms with Gasteiger partial charge in [-0.3, -0.25) is 0 Å². The molecule has 3 atom stereocenters. The molecule has 1 saturated heterocycles. The maximum atomic E-state index is 8.64. The second-order valence-electron chi connectivity index (χ2n) is 3.55. The van der Waals surface area contributed by atoms with Gasteiger partial charge in [-0.2, -0.15) is 5.26 Å². The fourth-order valence-corrected chi connectivity index (χ4v) is 1.62. The molecule has 0 aromatic carbocycles. The predicted molar refractivity (Wildman–Crippen MR) is 42.4 cm³/mol. The third-order valence-electron chi connectivity index (χ3n) is 2.49. The second kappa shape index (κ2) is 3.42. The van der Waals surface area contributed by atoms with Gasteiger partial charge in [-0.25, -0.2) is 0 Å². The zero-order valence-corrected chi connectivity index (χ0v) is 7.03. The molecule has 1 aliphatic carbocycles. The van der Waals surface area contributed by atoms with Crippen LogP contribution in [-0.2, 0) is 9.47 Å². The molecule has 2 fully saturated rings. The fourth-order valence-electron chi connectivity index (χ4n) is 1.62. The largest absolute Gasteiger partial charge is 0.375 e. The smallest absolute Gasteiger partial charge is 0.104 e. The van der Waals surface area contributed by atoms with E-state index in [2.05, 4.69) is 6.07 Å². The van der Waals surface area contributed by atoms with Crippen molar-refractivity contribution in [2.75, 3.05) is 13.2 Å². The molecule has 3 heteroatoms. The molecule has 0 amide bonds. The molecule has 0 bridgehead atoms. The van der Waals surface area contributed by atoms with Crippen molar-refractivity contribution in [3.05, 3.63) is 0 Å². The number of hydrogen-bond donors (Lipinski definition) is 0. The van der Waals surface area contributed by atoms with Crippen LogP contribution in [0.5, 0.6) is 0 Å². The monoisotopic (exact) mass is 167 g/mol. The molecule has 0 radical (unpaired) electrons. The maximum absolute atomic E-state index is 8.64. The number of rotatable bonds is 3. The number of nitriles is 1. The summed E-state index contributed by atoms with van der Waals surface area (Å²) in [6.07, 6.45) is 3.64. The maximum Gasteiger partial charge on any atom is 0.104 e. The molecule has 1 saturated carbocycles. The summed E-state index contributed by atoms with van der Waals surface area (Å²) in [4.78, 5) is 0. The van der Waals surface area contributed by atoms with Crippen LogP contribution in [-0.4, -0.2) is 25.4 Å². The van der Waals surface area contributed by atoms with E-state index in [4.69, 9.17) is 14.7 Å². The minimum Gasteiger partial charge on any atom is -0.375 e. The molecule has 1 heterocycles. The quantitative estimate of drug-likeness (QED) is 0.591. The summed E-state index contributed by atoms with van der Waals surface area (Å²) in [5, 5.41) is 8.64. The van der Waals surface area contributed by atoms with E-state index in [0.29, 0.717) is 12.2 Å². The Labute approximate surface area is 72.3 Å². The van der Waals surface area contributed by atoms with Crippen LogP contribution in [0.1, 0.15) is 19.3 Å². The van der Waals surface area contributed by atoms with E-state index in [1.165, 1.54) is 0 Å². The average Bonchev–Trinajstić information content (AvgIpc) is 2.81. The zero-order chi connectivity index (χ0) is 8.39. The minimum absolute atomic E-state index is 0.232. The highest BCUT2D eigenvalue weighted by Gasteiger charge is 2.28. The second-order valence-corrected chi connectivity index (χ2v) is 3.55. The summed E-state index contributed by atoms with van der Waals surface area (Å²) in [6.45, 7) is 1.58. The Balaban J connectivity index is 1.65. The topological polar surface area (TPSA) is 45.5 Å². The number of ether oxygens (including phenoxy) is 2. The van der Waals surface area contributed by atoms with Crippen molar-refractivity contribution < 1.29 is 9.47 Å². The fraction of sp³-hybridized carbons (Fsp3) is 0.889. The van der Waals surface area contributed by atoms with Crippen LogP contribution < -0.4 is 0 Å². The summed E-state index contributed by atoms with van der Waals surface area (Å²) in [6, 6.07) is 2.29. The predicted octanol–water partition coefficient (Wildman–Crippen LogP) is 1.09. The van der Waals surface area contributed by atoms with Gasteiger partial charge in [-0.1, -0.05) is 0 Å². The van der Waals surface area contributed by atoms with Crippen LogP contribution in [0.2, 0.25) is 0 Å². The first-order valence-electron chi connectivity index (χ1n) is 4.51. The van der Waals surface area contributed by atoms with Gasteiger partial charge in [0, 0.05) is 5.92 Å². The van der Waals surface area contributed by atoms with E-state index in [1.54, 1.807) is 0 Å². The zero-order valence-electron chi connectivity index (χ0n) is 7.03.